The van der Waals surface area contributed by atoms with Crippen molar-refractivity contribution in [2.24, 2.45) is 0 Å². The van der Waals surface area contributed by atoms with Crippen molar-refractivity contribution in [3.05, 3.63) is 69.9 Å². The number of ketones is 1. The van der Waals surface area contributed by atoms with Crippen LogP contribution in [0.5, 0.6) is 0 Å². The molecule has 26 heavy (non-hydrogen) atoms. The van der Waals surface area contributed by atoms with Crippen molar-refractivity contribution in [2.75, 3.05) is 4.72 Å². The Morgan fingerprint density at radius 1 is 1.04 bits per heavy atom. The number of aliphatic carboxylic acids is 1. The summed E-state index contributed by atoms with van der Waals surface area (Å²) in [4.78, 5) is 22.2. The molecule has 0 aromatic heterocycles. The van der Waals surface area contributed by atoms with Gasteiger partial charge < -0.3 is 10.2 Å². The predicted octanol–water partition coefficient (Wildman–Crippen LogP) is 3.50. The predicted molar refractivity (Wildman–Crippen MR) is 96.4 cm³/mol. The molecule has 3 N–H and O–H groups in total. The fraction of sp³-hybridized carbons (Fsp3) is 0. The van der Waals surface area contributed by atoms with E-state index in [0.717, 1.165) is 0 Å². The number of carboxylic acids is 1. The molecular weight excluding hydrogens is 405 g/mol. The van der Waals surface area contributed by atoms with Gasteiger partial charge in [-0.25, -0.2) is 13.2 Å². The number of carboxylic acid groups (broad SMARTS) is 1. The van der Waals surface area contributed by atoms with Crippen molar-refractivity contribution in [2.45, 2.75) is 4.90 Å². The third-order valence-electron chi connectivity index (χ3n) is 3.09. The summed E-state index contributed by atoms with van der Waals surface area (Å²) >= 11 is 11.7. The molecule has 0 saturated carbocycles. The topological polar surface area (TPSA) is 121 Å². The van der Waals surface area contributed by atoms with Crippen LogP contribution in [0.1, 0.15) is 10.4 Å². The van der Waals surface area contributed by atoms with Gasteiger partial charge in [-0.15, -0.1) is 0 Å². The molecule has 0 aliphatic carbocycles. The van der Waals surface area contributed by atoms with Crippen LogP contribution < -0.4 is 4.72 Å². The van der Waals surface area contributed by atoms with Gasteiger partial charge in [0, 0.05) is 17.3 Å². The summed E-state index contributed by atoms with van der Waals surface area (Å²) in [7, 11) is -4.08. The number of hydrogen-bond acceptors (Lipinski definition) is 5. The Hall–Kier alpha value is -2.55. The molecule has 0 unspecified atom stereocenters. The van der Waals surface area contributed by atoms with Gasteiger partial charge in [-0.05, 0) is 24.3 Å². The maximum Gasteiger partial charge on any atom is 0.371 e. The number of rotatable bonds is 6. The van der Waals surface area contributed by atoms with Crippen molar-refractivity contribution in [3.8, 4) is 0 Å². The summed E-state index contributed by atoms with van der Waals surface area (Å²) < 4.78 is 27.2. The zero-order valence-electron chi connectivity index (χ0n) is 12.8. The maximum atomic E-state index is 12.5. The highest BCUT2D eigenvalue weighted by Crippen LogP contribution is 2.30. The van der Waals surface area contributed by atoms with Gasteiger partial charge in [0.15, 0.2) is 5.78 Å². The highest BCUT2D eigenvalue weighted by molar-refractivity contribution is 7.92. The number of halogens is 2. The van der Waals surface area contributed by atoms with E-state index in [0.29, 0.717) is 6.08 Å². The maximum absolute atomic E-state index is 12.5. The molecule has 0 aliphatic rings. The minimum absolute atomic E-state index is 0.0322. The van der Waals surface area contributed by atoms with E-state index in [-0.39, 0.29) is 26.2 Å². The summed E-state index contributed by atoms with van der Waals surface area (Å²) in [5.41, 5.74) is 0.00491. The number of carbonyl (C=O) groups is 2. The highest BCUT2D eigenvalue weighted by Gasteiger charge is 2.20. The lowest BCUT2D eigenvalue weighted by molar-refractivity contribution is -0.135. The van der Waals surface area contributed by atoms with Gasteiger partial charge in [-0.1, -0.05) is 41.4 Å². The Labute approximate surface area is 158 Å². The molecule has 10 heteroatoms. The molecule has 0 bridgehead atoms. The summed E-state index contributed by atoms with van der Waals surface area (Å²) in [6, 6.07) is 9.40. The van der Waals surface area contributed by atoms with Crippen molar-refractivity contribution in [1.82, 2.24) is 0 Å². The number of anilines is 1. The molecule has 0 fully saturated rings. The van der Waals surface area contributed by atoms with Gasteiger partial charge >= 0.3 is 5.97 Å². The molecule has 136 valence electrons. The number of sulfonamides is 1. The molecule has 0 amide bonds. The summed E-state index contributed by atoms with van der Waals surface area (Å²) in [6.45, 7) is 0. The molecule has 0 radical (unpaired) electrons. The van der Waals surface area contributed by atoms with Crippen LogP contribution in [0.4, 0.5) is 5.69 Å². The van der Waals surface area contributed by atoms with Crippen LogP contribution in [0.2, 0.25) is 10.0 Å². The van der Waals surface area contributed by atoms with Crippen molar-refractivity contribution >= 4 is 50.7 Å². The lowest BCUT2D eigenvalue weighted by Crippen LogP contribution is -2.14. The van der Waals surface area contributed by atoms with Gasteiger partial charge in [0.05, 0.1) is 10.0 Å². The van der Waals surface area contributed by atoms with Crippen LogP contribution in [-0.2, 0) is 14.8 Å². The van der Waals surface area contributed by atoms with Crippen LogP contribution in [-0.4, -0.2) is 30.4 Å². The summed E-state index contributed by atoms with van der Waals surface area (Å²) in [5.74, 6) is -3.61. The van der Waals surface area contributed by atoms with E-state index in [1.807, 2.05) is 0 Å². The lowest BCUT2D eigenvalue weighted by Gasteiger charge is -2.11. The van der Waals surface area contributed by atoms with Crippen molar-refractivity contribution in [3.63, 3.8) is 0 Å². The molecule has 2 aromatic rings. The third kappa shape index (κ3) is 4.54. The molecule has 0 spiro atoms. The first-order valence-corrected chi connectivity index (χ1v) is 9.11. The van der Waals surface area contributed by atoms with Crippen molar-refractivity contribution < 1.29 is 28.2 Å². The summed E-state index contributed by atoms with van der Waals surface area (Å²) in [5, 5.41) is 17.6. The highest BCUT2D eigenvalue weighted by atomic mass is 35.5. The van der Waals surface area contributed by atoms with Crippen molar-refractivity contribution in [1.29, 1.82) is 0 Å². The number of aliphatic hydroxyl groups excluding tert-OH is 1. The van der Waals surface area contributed by atoms with E-state index >= 15 is 0 Å². The lowest BCUT2D eigenvalue weighted by atomic mass is 10.1. The molecular formula is C16H11Cl2NO6S. The molecule has 0 aliphatic heterocycles. The minimum atomic E-state index is -4.08. The zero-order chi connectivity index (χ0) is 19.5. The van der Waals surface area contributed by atoms with Gasteiger partial charge in [0.25, 0.3) is 10.0 Å². The zero-order valence-corrected chi connectivity index (χ0v) is 15.1. The van der Waals surface area contributed by atoms with Crippen LogP contribution in [0.25, 0.3) is 0 Å². The molecule has 0 heterocycles. The van der Waals surface area contributed by atoms with E-state index in [4.69, 9.17) is 33.4 Å². The third-order valence-corrected chi connectivity index (χ3v) is 5.45. The molecule has 7 nitrogen and oxygen atoms in total. The van der Waals surface area contributed by atoms with Gasteiger partial charge in [0.1, 0.15) is 4.90 Å². The Balaban J connectivity index is 2.34. The van der Waals surface area contributed by atoms with Gasteiger partial charge in [0.2, 0.25) is 5.76 Å². The summed E-state index contributed by atoms with van der Waals surface area (Å²) in [6.07, 6.45) is 0.518. The van der Waals surface area contributed by atoms with Gasteiger partial charge in [-0.3, -0.25) is 9.52 Å². The van der Waals surface area contributed by atoms with E-state index in [1.54, 1.807) is 0 Å². The van der Waals surface area contributed by atoms with E-state index in [9.17, 15) is 18.0 Å². The number of aliphatic hydroxyl groups is 1. The second kappa shape index (κ2) is 7.77. The second-order valence-electron chi connectivity index (χ2n) is 4.94. The Bertz CT molecular complexity index is 1020. The first-order chi connectivity index (χ1) is 12.1. The molecule has 0 atom stereocenters. The number of allylic oxidation sites excluding steroid dienone is 1. The van der Waals surface area contributed by atoms with Crippen LogP contribution >= 0.6 is 23.2 Å². The average molecular weight is 416 g/mol. The van der Waals surface area contributed by atoms with Gasteiger partial charge in [-0.2, -0.15) is 0 Å². The first kappa shape index (κ1) is 19.8. The van der Waals surface area contributed by atoms with E-state index in [1.165, 1.54) is 42.5 Å². The minimum Gasteiger partial charge on any atom is -0.502 e. The fourth-order valence-corrected chi connectivity index (χ4v) is 3.72. The SMILES string of the molecule is O=C(O)/C(O)=C/C(=O)c1cccc(NS(=O)(=O)c2cccc(Cl)c2Cl)c1. The Morgan fingerprint density at radius 2 is 1.69 bits per heavy atom. The molecule has 2 rings (SSSR count). The second-order valence-corrected chi connectivity index (χ2v) is 7.37. The number of benzene rings is 2. The standard InChI is InChI=1S/C16H11Cl2NO6S/c17-11-5-2-6-14(15(11)18)26(24,25)19-10-4-1-3-9(7-10)12(20)8-13(21)16(22)23/h1-8,19,21H,(H,22,23)/b13-8-. The average Bonchev–Trinajstić information content (AvgIpc) is 2.56. The number of carbonyl (C=O) groups excluding carboxylic acids is 1. The van der Waals surface area contributed by atoms with E-state index in [2.05, 4.69) is 4.72 Å². The Morgan fingerprint density at radius 3 is 2.35 bits per heavy atom. The normalized spacial score (nSPS) is 11.8. The number of hydrogen-bond donors (Lipinski definition) is 3. The fourth-order valence-electron chi connectivity index (χ4n) is 1.91. The first-order valence-electron chi connectivity index (χ1n) is 6.87. The van der Waals surface area contributed by atoms with Crippen LogP contribution in [0, 0.1) is 0 Å². The van der Waals surface area contributed by atoms with E-state index < -0.39 is 27.5 Å². The smallest absolute Gasteiger partial charge is 0.371 e. The quantitative estimate of drug-likeness (QED) is 0.377. The largest absolute Gasteiger partial charge is 0.502 e. The van der Waals surface area contributed by atoms with Crippen LogP contribution in [0.3, 0.4) is 0 Å². The molecule has 2 aromatic carbocycles. The Kier molecular flexibility index (Phi) is 5.91. The molecule has 0 saturated heterocycles. The number of nitrogens with one attached hydrogen (secondary N) is 1. The van der Waals surface area contributed by atoms with Crippen LogP contribution in [0.15, 0.2) is 59.2 Å². The monoisotopic (exact) mass is 415 g/mol.